The first-order chi connectivity index (χ1) is 9.15. The topological polar surface area (TPSA) is 32.5 Å². The molecule has 0 aromatic heterocycles. The molecule has 19 heavy (non-hydrogen) atoms. The number of piperazine rings is 1. The number of hydrogen-bond donors (Lipinski definition) is 1. The zero-order valence-corrected chi connectivity index (χ0v) is 12.5. The Labute approximate surface area is 117 Å². The summed E-state index contributed by atoms with van der Waals surface area (Å²) in [4.78, 5) is 5.06. The van der Waals surface area contributed by atoms with E-state index in [2.05, 4.69) is 48.8 Å². The van der Waals surface area contributed by atoms with E-state index in [0.717, 1.165) is 32.7 Å². The summed E-state index contributed by atoms with van der Waals surface area (Å²) >= 11 is 0. The summed E-state index contributed by atoms with van der Waals surface area (Å²) in [5.74, 6) is 0. The lowest BCUT2D eigenvalue weighted by Gasteiger charge is -2.39. The highest BCUT2D eigenvalue weighted by molar-refractivity contribution is 5.33. The van der Waals surface area contributed by atoms with E-state index in [9.17, 15) is 0 Å². The summed E-state index contributed by atoms with van der Waals surface area (Å²) in [6.45, 7) is 13.0. The second-order valence-corrected chi connectivity index (χ2v) is 5.58. The fraction of sp³-hybridized carbons (Fsp3) is 0.625. The first-order valence-electron chi connectivity index (χ1n) is 7.39. The maximum absolute atomic E-state index is 6.07. The minimum atomic E-state index is 0.374. The minimum Gasteiger partial charge on any atom is -0.329 e. The van der Waals surface area contributed by atoms with Crippen molar-refractivity contribution in [2.45, 2.75) is 26.8 Å². The average Bonchev–Trinajstić information content (AvgIpc) is 2.44. The summed E-state index contributed by atoms with van der Waals surface area (Å²) in [7, 11) is 0. The van der Waals surface area contributed by atoms with Crippen LogP contribution in [-0.4, -0.2) is 49.1 Å². The first-order valence-corrected chi connectivity index (χ1v) is 7.39. The van der Waals surface area contributed by atoms with Crippen LogP contribution in [0.3, 0.4) is 0 Å². The molecule has 0 bridgehead atoms. The molecule has 106 valence electrons. The second-order valence-electron chi connectivity index (χ2n) is 5.58. The van der Waals surface area contributed by atoms with Gasteiger partial charge in [-0.3, -0.25) is 4.90 Å². The zero-order valence-electron chi connectivity index (χ0n) is 12.5. The molecule has 2 N–H and O–H groups in total. The Morgan fingerprint density at radius 1 is 1.16 bits per heavy atom. The van der Waals surface area contributed by atoms with Crippen LogP contribution in [0.1, 0.15) is 29.7 Å². The molecule has 1 unspecified atom stereocenters. The van der Waals surface area contributed by atoms with Crippen LogP contribution in [0.25, 0.3) is 0 Å². The average molecular weight is 261 g/mol. The normalized spacial score (nSPS) is 19.6. The Bertz CT molecular complexity index is 408. The van der Waals surface area contributed by atoms with Crippen molar-refractivity contribution in [1.29, 1.82) is 0 Å². The van der Waals surface area contributed by atoms with E-state index in [1.54, 1.807) is 0 Å². The van der Waals surface area contributed by atoms with Crippen molar-refractivity contribution < 1.29 is 0 Å². The molecule has 1 aliphatic heterocycles. The molecule has 3 heteroatoms. The summed E-state index contributed by atoms with van der Waals surface area (Å²) in [5.41, 5.74) is 10.2. The largest absolute Gasteiger partial charge is 0.329 e. The van der Waals surface area contributed by atoms with Gasteiger partial charge in [0.25, 0.3) is 0 Å². The number of nitrogens with zero attached hydrogens (tertiary/aromatic N) is 2. The molecule has 1 saturated heterocycles. The Morgan fingerprint density at radius 2 is 1.84 bits per heavy atom. The van der Waals surface area contributed by atoms with Crippen molar-refractivity contribution in [1.82, 2.24) is 9.80 Å². The predicted octanol–water partition coefficient (Wildman–Crippen LogP) is 1.94. The molecule has 1 heterocycles. The Morgan fingerprint density at radius 3 is 2.42 bits per heavy atom. The molecule has 1 aromatic carbocycles. The van der Waals surface area contributed by atoms with Gasteiger partial charge in [0.1, 0.15) is 0 Å². The maximum Gasteiger partial charge on any atom is 0.0474 e. The Kier molecular flexibility index (Phi) is 4.97. The van der Waals surface area contributed by atoms with Crippen LogP contribution < -0.4 is 5.73 Å². The van der Waals surface area contributed by atoms with Gasteiger partial charge < -0.3 is 10.6 Å². The highest BCUT2D eigenvalue weighted by Gasteiger charge is 2.24. The van der Waals surface area contributed by atoms with Gasteiger partial charge in [-0.25, -0.2) is 0 Å². The molecule has 0 saturated carbocycles. The second kappa shape index (κ2) is 6.51. The monoisotopic (exact) mass is 261 g/mol. The van der Waals surface area contributed by atoms with E-state index in [0.29, 0.717) is 12.6 Å². The van der Waals surface area contributed by atoms with Crippen LogP contribution in [0.15, 0.2) is 18.2 Å². The van der Waals surface area contributed by atoms with Crippen LogP contribution in [0.5, 0.6) is 0 Å². The van der Waals surface area contributed by atoms with E-state index < -0.39 is 0 Å². The van der Waals surface area contributed by atoms with Gasteiger partial charge in [0.2, 0.25) is 0 Å². The number of hydrogen-bond acceptors (Lipinski definition) is 3. The number of aryl methyl sites for hydroxylation is 2. The van der Waals surface area contributed by atoms with Gasteiger partial charge in [-0.15, -0.1) is 0 Å². The molecule has 0 amide bonds. The van der Waals surface area contributed by atoms with E-state index in [1.165, 1.54) is 16.7 Å². The third kappa shape index (κ3) is 3.35. The van der Waals surface area contributed by atoms with Crippen molar-refractivity contribution >= 4 is 0 Å². The lowest BCUT2D eigenvalue weighted by molar-refractivity contribution is 0.102. The molecule has 0 radical (unpaired) electrons. The van der Waals surface area contributed by atoms with Crippen molar-refractivity contribution in [2.24, 2.45) is 5.73 Å². The molecule has 1 atom stereocenters. The van der Waals surface area contributed by atoms with Crippen molar-refractivity contribution in [3.63, 3.8) is 0 Å². The fourth-order valence-corrected chi connectivity index (χ4v) is 2.98. The van der Waals surface area contributed by atoms with Crippen LogP contribution >= 0.6 is 0 Å². The van der Waals surface area contributed by atoms with E-state index in [1.807, 2.05) is 0 Å². The van der Waals surface area contributed by atoms with Crippen LogP contribution in [-0.2, 0) is 0 Å². The third-order valence-electron chi connectivity index (χ3n) is 4.31. The Balaban J connectivity index is 2.14. The van der Waals surface area contributed by atoms with Crippen LogP contribution in [0, 0.1) is 13.8 Å². The van der Waals surface area contributed by atoms with Gasteiger partial charge in [-0.2, -0.15) is 0 Å². The number of benzene rings is 1. The quantitative estimate of drug-likeness (QED) is 0.899. The molecule has 2 rings (SSSR count). The van der Waals surface area contributed by atoms with Crippen molar-refractivity contribution in [3.8, 4) is 0 Å². The molecular weight excluding hydrogens is 234 g/mol. The summed E-state index contributed by atoms with van der Waals surface area (Å²) in [5, 5.41) is 0. The molecule has 0 spiro atoms. The minimum absolute atomic E-state index is 0.374. The standard InChI is InChI=1S/C16H27N3/c1-4-18-7-9-19(10-8-18)16(12-17)15-11-13(2)5-6-14(15)3/h5-6,11,16H,4,7-10,12,17H2,1-3H3. The summed E-state index contributed by atoms with van der Waals surface area (Å²) < 4.78 is 0. The third-order valence-corrected chi connectivity index (χ3v) is 4.31. The van der Waals surface area contributed by atoms with Crippen molar-refractivity contribution in [2.75, 3.05) is 39.3 Å². The SMILES string of the molecule is CCN1CCN(C(CN)c2cc(C)ccc2C)CC1. The fourth-order valence-electron chi connectivity index (χ4n) is 2.98. The molecule has 3 nitrogen and oxygen atoms in total. The molecule has 1 aromatic rings. The first kappa shape index (κ1) is 14.5. The summed E-state index contributed by atoms with van der Waals surface area (Å²) in [6, 6.07) is 7.08. The van der Waals surface area contributed by atoms with Gasteiger partial charge >= 0.3 is 0 Å². The molecule has 1 fully saturated rings. The zero-order chi connectivity index (χ0) is 13.8. The highest BCUT2D eigenvalue weighted by Crippen LogP contribution is 2.25. The van der Waals surface area contributed by atoms with E-state index in [4.69, 9.17) is 5.73 Å². The predicted molar refractivity (Wildman–Crippen MR) is 81.4 cm³/mol. The maximum atomic E-state index is 6.07. The number of rotatable bonds is 4. The van der Waals surface area contributed by atoms with E-state index in [-0.39, 0.29) is 0 Å². The molecule has 0 aliphatic carbocycles. The van der Waals surface area contributed by atoms with Crippen LogP contribution in [0.4, 0.5) is 0 Å². The van der Waals surface area contributed by atoms with Crippen molar-refractivity contribution in [3.05, 3.63) is 34.9 Å². The smallest absolute Gasteiger partial charge is 0.0474 e. The summed E-state index contributed by atoms with van der Waals surface area (Å²) in [6.07, 6.45) is 0. The Hall–Kier alpha value is -0.900. The lowest BCUT2D eigenvalue weighted by atomic mass is 9.97. The van der Waals surface area contributed by atoms with Gasteiger partial charge in [0, 0.05) is 38.8 Å². The van der Waals surface area contributed by atoms with Gasteiger partial charge in [-0.1, -0.05) is 30.7 Å². The number of nitrogens with two attached hydrogens (primary N) is 1. The van der Waals surface area contributed by atoms with Gasteiger partial charge in [0.05, 0.1) is 0 Å². The molecule has 1 aliphatic rings. The lowest BCUT2D eigenvalue weighted by Crippen LogP contribution is -2.48. The molecular formula is C16H27N3. The van der Waals surface area contributed by atoms with Gasteiger partial charge in [-0.05, 0) is 31.5 Å². The van der Waals surface area contributed by atoms with Crippen LogP contribution in [0.2, 0.25) is 0 Å². The number of likely N-dealkylation sites (N-methyl/N-ethyl adjacent to an activating group) is 1. The van der Waals surface area contributed by atoms with Gasteiger partial charge in [0.15, 0.2) is 0 Å². The highest BCUT2D eigenvalue weighted by atomic mass is 15.3. The van der Waals surface area contributed by atoms with E-state index >= 15 is 0 Å².